The Morgan fingerprint density at radius 3 is 3.00 bits per heavy atom. The van der Waals surface area contributed by atoms with Gasteiger partial charge in [0.1, 0.15) is 5.82 Å². The summed E-state index contributed by atoms with van der Waals surface area (Å²) in [6, 6.07) is 6.58. The minimum absolute atomic E-state index is 0.258. The number of carboxylic acids is 1. The van der Waals surface area contributed by atoms with Crippen molar-refractivity contribution >= 4 is 16.9 Å². The molecule has 0 saturated carbocycles. The van der Waals surface area contributed by atoms with Crippen LogP contribution in [0.4, 0.5) is 4.39 Å². The summed E-state index contributed by atoms with van der Waals surface area (Å²) in [6.07, 6.45) is 0.936. The maximum Gasteiger partial charge on any atom is 0.332 e. The van der Waals surface area contributed by atoms with Crippen LogP contribution in [0.1, 0.15) is 6.92 Å². The third-order valence-corrected chi connectivity index (χ3v) is 2.81. The Balaban J connectivity index is 2.04. The molecule has 0 aliphatic carbocycles. The topological polar surface area (TPSA) is 51.5 Å². The SMILES string of the molecule is CC(OCCn1ccc2c(F)cccc21)C(=O)O. The molecule has 2 aromatic rings. The van der Waals surface area contributed by atoms with E-state index in [-0.39, 0.29) is 12.4 Å². The molecule has 1 aromatic carbocycles. The van der Waals surface area contributed by atoms with E-state index in [1.165, 1.54) is 13.0 Å². The van der Waals surface area contributed by atoms with Crippen LogP contribution in [-0.4, -0.2) is 28.4 Å². The molecule has 0 amide bonds. The first kappa shape index (κ1) is 12.6. The number of rotatable bonds is 5. The molecule has 0 aliphatic rings. The molecule has 0 spiro atoms. The van der Waals surface area contributed by atoms with E-state index in [9.17, 15) is 9.18 Å². The Bertz CT molecular complexity index is 564. The molecular weight excluding hydrogens is 237 g/mol. The molecule has 0 aliphatic heterocycles. The molecular formula is C13H14FNO3. The maximum absolute atomic E-state index is 13.4. The zero-order chi connectivity index (χ0) is 13.1. The number of aliphatic carboxylic acids is 1. The molecule has 1 N–H and O–H groups in total. The average molecular weight is 251 g/mol. The lowest BCUT2D eigenvalue weighted by Crippen LogP contribution is -2.21. The second kappa shape index (κ2) is 5.18. The summed E-state index contributed by atoms with van der Waals surface area (Å²) in [5, 5.41) is 9.23. The highest BCUT2D eigenvalue weighted by molar-refractivity contribution is 5.80. The Morgan fingerprint density at radius 2 is 2.28 bits per heavy atom. The Hall–Kier alpha value is -1.88. The number of aromatic nitrogens is 1. The van der Waals surface area contributed by atoms with Crippen LogP contribution in [-0.2, 0) is 16.1 Å². The summed E-state index contributed by atoms with van der Waals surface area (Å²) >= 11 is 0. The van der Waals surface area contributed by atoms with Crippen LogP contribution in [0.2, 0.25) is 0 Å². The number of benzene rings is 1. The summed E-state index contributed by atoms with van der Waals surface area (Å²) in [4.78, 5) is 10.6. The van der Waals surface area contributed by atoms with Crippen molar-refractivity contribution in [1.29, 1.82) is 0 Å². The van der Waals surface area contributed by atoms with Crippen molar-refractivity contribution < 1.29 is 19.0 Å². The first-order chi connectivity index (χ1) is 8.59. The van der Waals surface area contributed by atoms with Gasteiger partial charge in [0.25, 0.3) is 0 Å². The van der Waals surface area contributed by atoms with Crippen molar-refractivity contribution in [3.63, 3.8) is 0 Å². The van der Waals surface area contributed by atoms with Gasteiger partial charge in [-0.05, 0) is 25.1 Å². The first-order valence-corrected chi connectivity index (χ1v) is 5.67. The van der Waals surface area contributed by atoms with Gasteiger partial charge in [0, 0.05) is 18.1 Å². The van der Waals surface area contributed by atoms with E-state index in [1.54, 1.807) is 18.3 Å². The van der Waals surface area contributed by atoms with Crippen molar-refractivity contribution in [2.24, 2.45) is 0 Å². The molecule has 18 heavy (non-hydrogen) atoms. The normalized spacial score (nSPS) is 12.8. The summed E-state index contributed by atoms with van der Waals surface area (Å²) in [5.74, 6) is -1.25. The molecule has 0 radical (unpaired) electrons. The second-order valence-electron chi connectivity index (χ2n) is 4.03. The Labute approximate surface area is 104 Å². The summed E-state index contributed by atoms with van der Waals surface area (Å²) < 4.78 is 20.4. The van der Waals surface area contributed by atoms with Crippen molar-refractivity contribution in [1.82, 2.24) is 4.57 Å². The minimum atomic E-state index is -0.988. The van der Waals surface area contributed by atoms with Crippen molar-refractivity contribution in [3.05, 3.63) is 36.3 Å². The molecule has 0 fully saturated rings. The molecule has 0 bridgehead atoms. The standard InChI is InChI=1S/C13H14FNO3/c1-9(13(16)17)18-8-7-15-6-5-10-11(14)3-2-4-12(10)15/h2-6,9H,7-8H2,1H3,(H,16,17). The highest BCUT2D eigenvalue weighted by Crippen LogP contribution is 2.18. The number of hydrogen-bond acceptors (Lipinski definition) is 2. The largest absolute Gasteiger partial charge is 0.479 e. The van der Waals surface area contributed by atoms with Crippen LogP contribution in [0.5, 0.6) is 0 Å². The van der Waals surface area contributed by atoms with Gasteiger partial charge in [-0.15, -0.1) is 0 Å². The lowest BCUT2D eigenvalue weighted by Gasteiger charge is -2.09. The summed E-state index contributed by atoms with van der Waals surface area (Å²) in [6.45, 7) is 2.24. The number of fused-ring (bicyclic) bond motifs is 1. The zero-order valence-electron chi connectivity index (χ0n) is 9.97. The van der Waals surface area contributed by atoms with E-state index in [2.05, 4.69) is 0 Å². The number of carboxylic acid groups (broad SMARTS) is 1. The minimum Gasteiger partial charge on any atom is -0.479 e. The quantitative estimate of drug-likeness (QED) is 0.886. The Kier molecular flexibility index (Phi) is 3.62. The van der Waals surface area contributed by atoms with Crippen LogP contribution in [0, 0.1) is 5.82 Å². The lowest BCUT2D eigenvalue weighted by atomic mass is 10.2. The Morgan fingerprint density at radius 1 is 1.50 bits per heavy atom. The van der Waals surface area contributed by atoms with E-state index in [0.29, 0.717) is 11.9 Å². The number of ether oxygens (including phenoxy) is 1. The smallest absolute Gasteiger partial charge is 0.332 e. The highest BCUT2D eigenvalue weighted by atomic mass is 19.1. The number of carbonyl (C=O) groups is 1. The van der Waals surface area contributed by atoms with Crippen molar-refractivity contribution in [2.45, 2.75) is 19.6 Å². The van der Waals surface area contributed by atoms with Gasteiger partial charge in [0.2, 0.25) is 0 Å². The van der Waals surface area contributed by atoms with Crippen molar-refractivity contribution in [2.75, 3.05) is 6.61 Å². The molecule has 96 valence electrons. The highest BCUT2D eigenvalue weighted by Gasteiger charge is 2.11. The third-order valence-electron chi connectivity index (χ3n) is 2.81. The lowest BCUT2D eigenvalue weighted by molar-refractivity contribution is -0.149. The number of halogens is 1. The number of nitrogens with zero attached hydrogens (tertiary/aromatic N) is 1. The molecule has 4 nitrogen and oxygen atoms in total. The zero-order valence-corrected chi connectivity index (χ0v) is 9.97. The van der Waals surface area contributed by atoms with Gasteiger partial charge in [-0.1, -0.05) is 6.07 Å². The van der Waals surface area contributed by atoms with E-state index in [1.807, 2.05) is 10.6 Å². The summed E-state index contributed by atoms with van der Waals surface area (Å²) in [5.41, 5.74) is 0.779. The molecule has 2 rings (SSSR count). The van der Waals surface area contributed by atoms with Gasteiger partial charge in [-0.25, -0.2) is 9.18 Å². The summed E-state index contributed by atoms with van der Waals surface area (Å²) in [7, 11) is 0. The van der Waals surface area contributed by atoms with E-state index < -0.39 is 12.1 Å². The molecule has 1 aromatic heterocycles. The predicted molar refractivity (Wildman–Crippen MR) is 64.9 cm³/mol. The van der Waals surface area contributed by atoms with Gasteiger partial charge < -0.3 is 14.4 Å². The molecule has 1 heterocycles. The molecule has 0 saturated heterocycles. The first-order valence-electron chi connectivity index (χ1n) is 5.67. The fourth-order valence-corrected chi connectivity index (χ4v) is 1.78. The van der Waals surface area contributed by atoms with E-state index >= 15 is 0 Å². The number of hydrogen-bond donors (Lipinski definition) is 1. The van der Waals surface area contributed by atoms with Gasteiger partial charge >= 0.3 is 5.97 Å². The van der Waals surface area contributed by atoms with E-state index in [4.69, 9.17) is 9.84 Å². The van der Waals surface area contributed by atoms with Crippen LogP contribution in [0.15, 0.2) is 30.5 Å². The molecule has 5 heteroatoms. The van der Waals surface area contributed by atoms with Gasteiger partial charge in [0.15, 0.2) is 6.10 Å². The predicted octanol–water partition coefficient (Wildman–Crippen LogP) is 2.27. The molecule has 1 atom stereocenters. The fraction of sp³-hybridized carbons (Fsp3) is 0.308. The second-order valence-corrected chi connectivity index (χ2v) is 4.03. The monoisotopic (exact) mass is 251 g/mol. The van der Waals surface area contributed by atoms with Crippen molar-refractivity contribution in [3.8, 4) is 0 Å². The maximum atomic E-state index is 13.4. The van der Waals surface area contributed by atoms with Gasteiger partial charge in [-0.2, -0.15) is 0 Å². The van der Waals surface area contributed by atoms with Gasteiger partial charge in [0.05, 0.1) is 12.1 Å². The van der Waals surface area contributed by atoms with Crippen LogP contribution in [0.3, 0.4) is 0 Å². The third kappa shape index (κ3) is 2.51. The van der Waals surface area contributed by atoms with Crippen LogP contribution >= 0.6 is 0 Å². The molecule has 1 unspecified atom stereocenters. The van der Waals surface area contributed by atoms with Crippen LogP contribution < -0.4 is 0 Å². The fourth-order valence-electron chi connectivity index (χ4n) is 1.78. The average Bonchev–Trinajstić information content (AvgIpc) is 2.74. The van der Waals surface area contributed by atoms with E-state index in [0.717, 1.165) is 5.52 Å². The van der Waals surface area contributed by atoms with Gasteiger partial charge in [-0.3, -0.25) is 0 Å². The van der Waals surface area contributed by atoms with Crippen LogP contribution in [0.25, 0.3) is 10.9 Å².